The summed E-state index contributed by atoms with van der Waals surface area (Å²) < 4.78 is 10.2. The maximum absolute atomic E-state index is 5.09. The van der Waals surface area contributed by atoms with Crippen LogP contribution < -0.4 is 0 Å². The summed E-state index contributed by atoms with van der Waals surface area (Å²) in [7, 11) is 3.33. The molecular formula is C8H17BrO2. The molecule has 3 heteroatoms. The molecule has 0 rings (SSSR count). The van der Waals surface area contributed by atoms with Gasteiger partial charge < -0.3 is 9.47 Å². The van der Waals surface area contributed by atoms with E-state index in [9.17, 15) is 0 Å². The molecule has 0 spiro atoms. The van der Waals surface area contributed by atoms with E-state index in [1.54, 1.807) is 14.2 Å². The van der Waals surface area contributed by atoms with Crippen molar-refractivity contribution in [3.8, 4) is 0 Å². The molecule has 2 nitrogen and oxygen atoms in total. The molecular weight excluding hydrogens is 208 g/mol. The van der Waals surface area contributed by atoms with Gasteiger partial charge >= 0.3 is 0 Å². The zero-order valence-electron chi connectivity index (χ0n) is 7.69. The van der Waals surface area contributed by atoms with Gasteiger partial charge in [0.2, 0.25) is 0 Å². The molecule has 0 aromatic carbocycles. The minimum Gasteiger partial charge on any atom is -0.356 e. The van der Waals surface area contributed by atoms with E-state index >= 15 is 0 Å². The number of hydrogen-bond donors (Lipinski definition) is 0. The largest absolute Gasteiger partial charge is 0.356 e. The first-order chi connectivity index (χ1) is 5.05. The van der Waals surface area contributed by atoms with Crippen molar-refractivity contribution in [2.45, 2.75) is 26.6 Å². The zero-order chi connectivity index (χ0) is 8.91. The molecule has 0 radical (unpaired) electrons. The highest BCUT2D eigenvalue weighted by atomic mass is 79.9. The molecule has 0 aliphatic carbocycles. The molecule has 0 aliphatic rings. The molecule has 0 fully saturated rings. The number of hydrogen-bond acceptors (Lipinski definition) is 2. The summed E-state index contributed by atoms with van der Waals surface area (Å²) in [6, 6.07) is 0. The van der Waals surface area contributed by atoms with Gasteiger partial charge in [0.15, 0.2) is 6.29 Å². The Labute approximate surface area is 77.4 Å². The molecule has 0 bridgehead atoms. The Morgan fingerprint density at radius 1 is 1.27 bits per heavy atom. The minimum absolute atomic E-state index is 0.0810. The van der Waals surface area contributed by atoms with E-state index in [1.807, 2.05) is 0 Å². The predicted octanol–water partition coefficient (Wildman–Crippen LogP) is 2.42. The molecule has 0 aliphatic heterocycles. The second kappa shape index (κ2) is 5.12. The van der Waals surface area contributed by atoms with Gasteiger partial charge in [-0.1, -0.05) is 29.8 Å². The third kappa shape index (κ3) is 4.77. The van der Waals surface area contributed by atoms with Gasteiger partial charge in [-0.05, 0) is 5.41 Å². The second-order valence-electron chi connectivity index (χ2n) is 3.40. The van der Waals surface area contributed by atoms with Crippen molar-refractivity contribution < 1.29 is 9.47 Å². The summed E-state index contributed by atoms with van der Waals surface area (Å²) in [6.45, 7) is 4.35. The van der Waals surface area contributed by atoms with Gasteiger partial charge in [-0.15, -0.1) is 0 Å². The van der Waals surface area contributed by atoms with Gasteiger partial charge in [-0.2, -0.15) is 0 Å². The monoisotopic (exact) mass is 224 g/mol. The van der Waals surface area contributed by atoms with Gasteiger partial charge in [-0.3, -0.25) is 0 Å². The molecule has 68 valence electrons. The third-order valence-electron chi connectivity index (χ3n) is 1.61. The van der Waals surface area contributed by atoms with Crippen LogP contribution in [0.5, 0.6) is 0 Å². The van der Waals surface area contributed by atoms with Crippen LogP contribution in [0.3, 0.4) is 0 Å². The fourth-order valence-electron chi connectivity index (χ4n) is 0.769. The summed E-state index contributed by atoms with van der Waals surface area (Å²) in [5.74, 6) is 0. The fraction of sp³-hybridized carbons (Fsp3) is 1.00. The van der Waals surface area contributed by atoms with Crippen LogP contribution in [0.1, 0.15) is 20.3 Å². The number of halogens is 1. The van der Waals surface area contributed by atoms with E-state index in [4.69, 9.17) is 9.47 Å². The highest BCUT2D eigenvalue weighted by Crippen LogP contribution is 2.25. The van der Waals surface area contributed by atoms with Crippen LogP contribution in [0, 0.1) is 5.41 Å². The van der Waals surface area contributed by atoms with Crippen molar-refractivity contribution in [3.05, 3.63) is 0 Å². The Kier molecular flexibility index (Phi) is 5.30. The van der Waals surface area contributed by atoms with E-state index < -0.39 is 0 Å². The van der Waals surface area contributed by atoms with Gasteiger partial charge in [0, 0.05) is 26.0 Å². The van der Waals surface area contributed by atoms with Crippen molar-refractivity contribution in [3.63, 3.8) is 0 Å². The lowest BCUT2D eigenvalue weighted by Crippen LogP contribution is -2.24. The van der Waals surface area contributed by atoms with Crippen LogP contribution in [-0.4, -0.2) is 25.8 Å². The molecule has 0 unspecified atom stereocenters. The molecule has 0 aromatic rings. The van der Waals surface area contributed by atoms with Gasteiger partial charge in [0.25, 0.3) is 0 Å². The van der Waals surface area contributed by atoms with Crippen LogP contribution in [-0.2, 0) is 9.47 Å². The number of alkyl halides is 1. The first-order valence-electron chi connectivity index (χ1n) is 3.67. The van der Waals surface area contributed by atoms with Crippen LogP contribution in [0.4, 0.5) is 0 Å². The molecule has 0 N–H and O–H groups in total. The number of rotatable bonds is 5. The molecule has 0 heterocycles. The maximum Gasteiger partial charge on any atom is 0.157 e. The van der Waals surface area contributed by atoms with Gasteiger partial charge in [-0.25, -0.2) is 0 Å². The van der Waals surface area contributed by atoms with Crippen molar-refractivity contribution in [2.75, 3.05) is 19.5 Å². The summed E-state index contributed by atoms with van der Waals surface area (Å²) in [5, 5.41) is 0.962. The predicted molar refractivity (Wildman–Crippen MR) is 50.0 cm³/mol. The quantitative estimate of drug-likeness (QED) is 0.528. The molecule has 0 saturated carbocycles. The SMILES string of the molecule is COC(CC(C)(C)CBr)OC. The van der Waals surface area contributed by atoms with Crippen molar-refractivity contribution in [1.29, 1.82) is 0 Å². The zero-order valence-corrected chi connectivity index (χ0v) is 9.27. The van der Waals surface area contributed by atoms with E-state index in [2.05, 4.69) is 29.8 Å². The average Bonchev–Trinajstić information content (AvgIpc) is 2.00. The molecule has 11 heavy (non-hydrogen) atoms. The Hall–Kier alpha value is 0.400. The smallest absolute Gasteiger partial charge is 0.157 e. The summed E-state index contributed by atoms with van der Waals surface area (Å²) >= 11 is 3.45. The van der Waals surface area contributed by atoms with E-state index in [1.165, 1.54) is 0 Å². The normalized spacial score (nSPS) is 12.5. The van der Waals surface area contributed by atoms with Crippen molar-refractivity contribution >= 4 is 15.9 Å². The Morgan fingerprint density at radius 3 is 2.00 bits per heavy atom. The molecule has 0 amide bonds. The molecule has 0 saturated heterocycles. The van der Waals surface area contributed by atoms with Crippen LogP contribution in [0.15, 0.2) is 0 Å². The van der Waals surface area contributed by atoms with Crippen LogP contribution >= 0.6 is 15.9 Å². The number of ether oxygens (including phenoxy) is 2. The first kappa shape index (κ1) is 11.4. The summed E-state index contributed by atoms with van der Waals surface area (Å²) in [4.78, 5) is 0. The lowest BCUT2D eigenvalue weighted by Gasteiger charge is -2.25. The van der Waals surface area contributed by atoms with Crippen LogP contribution in [0.25, 0.3) is 0 Å². The lowest BCUT2D eigenvalue weighted by atomic mass is 9.92. The fourth-order valence-corrected chi connectivity index (χ4v) is 0.998. The van der Waals surface area contributed by atoms with E-state index in [0.29, 0.717) is 0 Å². The highest BCUT2D eigenvalue weighted by Gasteiger charge is 2.21. The third-order valence-corrected chi connectivity index (χ3v) is 3.12. The van der Waals surface area contributed by atoms with Gasteiger partial charge in [0.05, 0.1) is 0 Å². The lowest BCUT2D eigenvalue weighted by molar-refractivity contribution is -0.120. The first-order valence-corrected chi connectivity index (χ1v) is 4.79. The molecule has 0 aromatic heterocycles. The van der Waals surface area contributed by atoms with Crippen molar-refractivity contribution in [1.82, 2.24) is 0 Å². The second-order valence-corrected chi connectivity index (χ2v) is 3.96. The topological polar surface area (TPSA) is 18.5 Å². The van der Waals surface area contributed by atoms with Crippen LogP contribution in [0.2, 0.25) is 0 Å². The highest BCUT2D eigenvalue weighted by molar-refractivity contribution is 9.09. The molecule has 0 atom stereocenters. The Bertz CT molecular complexity index is 100. The van der Waals surface area contributed by atoms with E-state index in [0.717, 1.165) is 11.8 Å². The number of methoxy groups -OCH3 is 2. The van der Waals surface area contributed by atoms with E-state index in [-0.39, 0.29) is 11.7 Å². The minimum atomic E-state index is -0.0810. The maximum atomic E-state index is 5.09. The Morgan fingerprint density at radius 2 is 1.73 bits per heavy atom. The van der Waals surface area contributed by atoms with Gasteiger partial charge in [0.1, 0.15) is 0 Å². The Balaban J connectivity index is 3.79. The van der Waals surface area contributed by atoms with Crippen molar-refractivity contribution in [2.24, 2.45) is 5.41 Å². The average molecular weight is 225 g/mol. The summed E-state index contributed by atoms with van der Waals surface area (Å²) in [6.07, 6.45) is 0.827. The summed E-state index contributed by atoms with van der Waals surface area (Å²) in [5.41, 5.74) is 0.233. The standard InChI is InChI=1S/C8H17BrO2/c1-8(2,6-9)5-7(10-3)11-4/h7H,5-6H2,1-4H3.